The number of aliphatic hydroxyl groups is 1. The molecule has 132 valence electrons. The Labute approximate surface area is 143 Å². The van der Waals surface area contributed by atoms with E-state index < -0.39 is 5.60 Å². The van der Waals surface area contributed by atoms with Crippen molar-refractivity contribution in [2.75, 3.05) is 13.1 Å². The summed E-state index contributed by atoms with van der Waals surface area (Å²) in [5.41, 5.74) is 2.15. The van der Waals surface area contributed by atoms with Crippen LogP contribution in [-0.4, -0.2) is 47.9 Å². The standard InChI is InChI=1S/C17H28N6O/c1-5-15-14(9-21(4)19-15)10-22-8-6-7-17(24,12-22)16-11-23(13(2)3)20-18-16/h9,11,13,24H,5-8,10,12H2,1-4H3/t17-/m1/s1. The second-order valence-electron chi connectivity index (χ2n) is 7.15. The van der Waals surface area contributed by atoms with Crippen LogP contribution >= 0.6 is 0 Å². The molecule has 3 rings (SSSR count). The molecule has 1 saturated heterocycles. The van der Waals surface area contributed by atoms with Crippen LogP contribution in [0.2, 0.25) is 0 Å². The number of aryl methyl sites for hydroxylation is 2. The number of nitrogens with zero attached hydrogens (tertiary/aromatic N) is 6. The zero-order chi connectivity index (χ0) is 17.3. The molecule has 1 aliphatic rings. The lowest BCUT2D eigenvalue weighted by Gasteiger charge is -2.37. The third-order valence-corrected chi connectivity index (χ3v) is 4.79. The van der Waals surface area contributed by atoms with Crippen LogP contribution in [0.5, 0.6) is 0 Å². The van der Waals surface area contributed by atoms with Crippen LogP contribution in [0.25, 0.3) is 0 Å². The molecule has 0 unspecified atom stereocenters. The molecule has 2 aromatic heterocycles. The van der Waals surface area contributed by atoms with Crippen LogP contribution < -0.4 is 0 Å². The number of piperidine rings is 1. The number of likely N-dealkylation sites (tertiary alicyclic amines) is 1. The smallest absolute Gasteiger partial charge is 0.123 e. The molecule has 1 atom stereocenters. The summed E-state index contributed by atoms with van der Waals surface area (Å²) in [4.78, 5) is 2.30. The molecule has 7 nitrogen and oxygen atoms in total. The van der Waals surface area contributed by atoms with E-state index >= 15 is 0 Å². The predicted molar refractivity (Wildman–Crippen MR) is 91.4 cm³/mol. The van der Waals surface area contributed by atoms with Crippen molar-refractivity contribution in [3.63, 3.8) is 0 Å². The second kappa shape index (κ2) is 6.64. The molecule has 2 aromatic rings. The van der Waals surface area contributed by atoms with Gasteiger partial charge in [-0.15, -0.1) is 5.10 Å². The van der Waals surface area contributed by atoms with E-state index in [0.29, 0.717) is 12.2 Å². The van der Waals surface area contributed by atoms with Crippen molar-refractivity contribution < 1.29 is 5.11 Å². The van der Waals surface area contributed by atoms with Gasteiger partial charge < -0.3 is 5.11 Å². The Morgan fingerprint density at radius 2 is 2.12 bits per heavy atom. The highest BCUT2D eigenvalue weighted by Crippen LogP contribution is 2.31. The van der Waals surface area contributed by atoms with Crippen molar-refractivity contribution in [2.45, 2.75) is 58.2 Å². The fourth-order valence-corrected chi connectivity index (χ4v) is 3.46. The number of hydrogen-bond donors (Lipinski definition) is 1. The quantitative estimate of drug-likeness (QED) is 0.901. The highest BCUT2D eigenvalue weighted by Gasteiger charge is 2.37. The first-order valence-electron chi connectivity index (χ1n) is 8.79. The maximum atomic E-state index is 11.1. The Balaban J connectivity index is 1.75. The highest BCUT2D eigenvalue weighted by molar-refractivity contribution is 5.18. The Morgan fingerprint density at radius 3 is 2.79 bits per heavy atom. The summed E-state index contributed by atoms with van der Waals surface area (Å²) < 4.78 is 3.68. The van der Waals surface area contributed by atoms with E-state index in [-0.39, 0.29) is 6.04 Å². The Bertz CT molecular complexity index is 691. The topological polar surface area (TPSA) is 72.0 Å². The SMILES string of the molecule is CCc1nn(C)cc1CN1CCC[C@](O)(c2cn(C(C)C)nn2)C1. The Morgan fingerprint density at radius 1 is 1.33 bits per heavy atom. The van der Waals surface area contributed by atoms with Gasteiger partial charge in [0.1, 0.15) is 11.3 Å². The molecule has 0 aromatic carbocycles. The van der Waals surface area contributed by atoms with Crippen LogP contribution in [0.15, 0.2) is 12.4 Å². The number of rotatable bonds is 5. The maximum Gasteiger partial charge on any atom is 0.123 e. The number of hydrogen-bond acceptors (Lipinski definition) is 5. The van der Waals surface area contributed by atoms with Gasteiger partial charge in [-0.05, 0) is 39.7 Å². The first kappa shape index (κ1) is 17.1. The molecular weight excluding hydrogens is 304 g/mol. The van der Waals surface area contributed by atoms with Gasteiger partial charge in [0, 0.05) is 37.9 Å². The van der Waals surface area contributed by atoms with Gasteiger partial charge in [-0.2, -0.15) is 5.10 Å². The molecule has 0 saturated carbocycles. The largest absolute Gasteiger partial charge is 0.382 e. The molecule has 0 spiro atoms. The summed E-state index contributed by atoms with van der Waals surface area (Å²) in [5, 5.41) is 24.0. The molecule has 1 N–H and O–H groups in total. The third kappa shape index (κ3) is 3.37. The number of β-amino-alcohol motifs (C(OH)–C–C–N with tert-alkyl or cyclic N) is 1. The summed E-state index contributed by atoms with van der Waals surface area (Å²) in [7, 11) is 1.96. The Hall–Kier alpha value is -1.73. The predicted octanol–water partition coefficient (Wildman–Crippen LogP) is 1.64. The molecule has 1 fully saturated rings. The minimum Gasteiger partial charge on any atom is -0.382 e. The maximum absolute atomic E-state index is 11.1. The van der Waals surface area contributed by atoms with E-state index in [1.165, 1.54) is 5.56 Å². The lowest BCUT2D eigenvalue weighted by Crippen LogP contribution is -2.46. The van der Waals surface area contributed by atoms with E-state index in [9.17, 15) is 5.11 Å². The van der Waals surface area contributed by atoms with Crippen molar-refractivity contribution in [3.8, 4) is 0 Å². The first-order valence-corrected chi connectivity index (χ1v) is 8.79. The zero-order valence-corrected chi connectivity index (χ0v) is 15.1. The van der Waals surface area contributed by atoms with Gasteiger partial charge in [-0.25, -0.2) is 4.68 Å². The molecule has 0 amide bonds. The summed E-state index contributed by atoms with van der Waals surface area (Å²) in [6.45, 7) is 8.63. The van der Waals surface area contributed by atoms with Crippen LogP contribution in [0.1, 0.15) is 56.6 Å². The monoisotopic (exact) mass is 332 g/mol. The lowest BCUT2D eigenvalue weighted by atomic mass is 9.89. The average Bonchev–Trinajstić information content (AvgIpc) is 3.14. The van der Waals surface area contributed by atoms with Crippen LogP contribution in [-0.2, 0) is 25.6 Å². The van der Waals surface area contributed by atoms with Gasteiger partial charge >= 0.3 is 0 Å². The first-order chi connectivity index (χ1) is 11.4. The minimum absolute atomic E-state index is 0.247. The van der Waals surface area contributed by atoms with Crippen LogP contribution in [0, 0.1) is 0 Å². The normalized spacial score (nSPS) is 22.4. The molecule has 3 heterocycles. The average molecular weight is 332 g/mol. The van der Waals surface area contributed by atoms with E-state index in [2.05, 4.69) is 47.3 Å². The van der Waals surface area contributed by atoms with Crippen molar-refractivity contribution in [1.82, 2.24) is 29.7 Å². The summed E-state index contributed by atoms with van der Waals surface area (Å²) in [5.74, 6) is 0. The van der Waals surface area contributed by atoms with Gasteiger partial charge in [0.15, 0.2) is 0 Å². The van der Waals surface area contributed by atoms with Crippen molar-refractivity contribution in [1.29, 1.82) is 0 Å². The molecule has 7 heteroatoms. The summed E-state index contributed by atoms with van der Waals surface area (Å²) >= 11 is 0. The summed E-state index contributed by atoms with van der Waals surface area (Å²) in [6, 6.07) is 0.247. The molecule has 0 aliphatic carbocycles. The fraction of sp³-hybridized carbons (Fsp3) is 0.706. The Kier molecular flexibility index (Phi) is 4.73. The molecule has 0 bridgehead atoms. The van der Waals surface area contributed by atoms with Gasteiger partial charge in [-0.1, -0.05) is 12.1 Å². The zero-order valence-electron chi connectivity index (χ0n) is 15.1. The number of aromatic nitrogens is 5. The second-order valence-corrected chi connectivity index (χ2v) is 7.15. The van der Waals surface area contributed by atoms with Crippen molar-refractivity contribution in [3.05, 3.63) is 29.3 Å². The van der Waals surface area contributed by atoms with Crippen molar-refractivity contribution in [2.24, 2.45) is 7.05 Å². The van der Waals surface area contributed by atoms with Gasteiger partial charge in [0.2, 0.25) is 0 Å². The molecule has 24 heavy (non-hydrogen) atoms. The lowest BCUT2D eigenvalue weighted by molar-refractivity contribution is -0.0415. The molecule has 0 radical (unpaired) electrons. The van der Waals surface area contributed by atoms with Gasteiger partial charge in [0.05, 0.1) is 11.9 Å². The fourth-order valence-electron chi connectivity index (χ4n) is 3.46. The van der Waals surface area contributed by atoms with Crippen LogP contribution in [0.4, 0.5) is 0 Å². The van der Waals surface area contributed by atoms with Crippen molar-refractivity contribution >= 4 is 0 Å². The van der Waals surface area contributed by atoms with Gasteiger partial charge in [0.25, 0.3) is 0 Å². The molecule has 1 aliphatic heterocycles. The van der Waals surface area contributed by atoms with Crippen LogP contribution in [0.3, 0.4) is 0 Å². The van der Waals surface area contributed by atoms with E-state index in [0.717, 1.165) is 38.0 Å². The highest BCUT2D eigenvalue weighted by atomic mass is 16.3. The summed E-state index contributed by atoms with van der Waals surface area (Å²) in [6.07, 6.45) is 6.58. The van der Waals surface area contributed by atoms with E-state index in [1.807, 2.05) is 22.6 Å². The van der Waals surface area contributed by atoms with Gasteiger partial charge in [-0.3, -0.25) is 9.58 Å². The molecular formula is C17H28N6O. The van der Waals surface area contributed by atoms with E-state index in [1.54, 1.807) is 0 Å². The minimum atomic E-state index is -0.917. The third-order valence-electron chi connectivity index (χ3n) is 4.79. The van der Waals surface area contributed by atoms with E-state index in [4.69, 9.17) is 0 Å².